The van der Waals surface area contributed by atoms with Crippen molar-refractivity contribution >= 4 is 69.0 Å². The minimum absolute atomic E-state index is 0.000754. The van der Waals surface area contributed by atoms with Gasteiger partial charge in [0, 0.05) is 20.8 Å². The molecule has 2 aromatic carbocycles. The molecule has 140 valence electrons. The van der Waals surface area contributed by atoms with E-state index in [4.69, 9.17) is 23.8 Å². The van der Waals surface area contributed by atoms with E-state index in [1.807, 2.05) is 13.0 Å². The van der Waals surface area contributed by atoms with Crippen LogP contribution in [-0.4, -0.2) is 21.9 Å². The predicted molar refractivity (Wildman–Crippen MR) is 113 cm³/mol. The van der Waals surface area contributed by atoms with Gasteiger partial charge in [-0.15, -0.1) is 0 Å². The maximum Gasteiger partial charge on any atom is 0.288 e. The van der Waals surface area contributed by atoms with Crippen LogP contribution in [0, 0.1) is 20.6 Å². The Bertz CT molecular complexity index is 954. The lowest BCUT2D eigenvalue weighted by atomic mass is 10.1. The van der Waals surface area contributed by atoms with Gasteiger partial charge in [-0.05, 0) is 71.6 Å². The molecule has 0 saturated heterocycles. The van der Waals surface area contributed by atoms with Crippen LogP contribution < -0.4 is 16.2 Å². The van der Waals surface area contributed by atoms with E-state index in [1.165, 1.54) is 12.1 Å². The van der Waals surface area contributed by atoms with Gasteiger partial charge < -0.3 is 0 Å². The zero-order valence-corrected chi connectivity index (χ0v) is 17.4. The average Bonchev–Trinajstić information content (AvgIpc) is 2.62. The normalized spacial score (nSPS) is 10.0. The molecule has 0 aliphatic carbocycles. The summed E-state index contributed by atoms with van der Waals surface area (Å²) in [5.74, 6) is -1.13. The number of thiocarbonyl (C=S) groups is 1. The van der Waals surface area contributed by atoms with E-state index < -0.39 is 22.4 Å². The van der Waals surface area contributed by atoms with E-state index in [2.05, 4.69) is 38.8 Å². The molecule has 0 aliphatic heterocycles. The Labute approximate surface area is 177 Å². The minimum Gasteiger partial charge on any atom is -0.298 e. The highest BCUT2D eigenvalue weighted by atomic mass is 127. The zero-order chi connectivity index (χ0) is 20.1. The number of benzene rings is 2. The van der Waals surface area contributed by atoms with Crippen molar-refractivity contribution in [2.45, 2.75) is 6.92 Å². The molecule has 11 heteroatoms. The van der Waals surface area contributed by atoms with Crippen LogP contribution in [0.3, 0.4) is 0 Å². The molecule has 0 fully saturated rings. The molecule has 27 heavy (non-hydrogen) atoms. The van der Waals surface area contributed by atoms with Crippen molar-refractivity contribution in [3.63, 3.8) is 0 Å². The summed E-state index contributed by atoms with van der Waals surface area (Å²) < 4.78 is 0.928. The van der Waals surface area contributed by atoms with Crippen LogP contribution in [0.2, 0.25) is 5.02 Å². The van der Waals surface area contributed by atoms with Gasteiger partial charge in [0.1, 0.15) is 5.02 Å². The number of hydrogen-bond donors (Lipinski definition) is 3. The second-order valence-corrected chi connectivity index (χ2v) is 7.23. The monoisotopic (exact) mass is 518 g/mol. The van der Waals surface area contributed by atoms with Crippen molar-refractivity contribution in [3.8, 4) is 0 Å². The van der Waals surface area contributed by atoms with Crippen LogP contribution in [0.15, 0.2) is 36.4 Å². The van der Waals surface area contributed by atoms with Gasteiger partial charge in [0.2, 0.25) is 0 Å². The zero-order valence-electron chi connectivity index (χ0n) is 13.7. The highest BCUT2D eigenvalue weighted by Crippen LogP contribution is 2.24. The molecule has 3 N–H and O–H groups in total. The molecule has 2 rings (SSSR count). The lowest BCUT2D eigenvalue weighted by Gasteiger charge is -2.11. The molecule has 0 atom stereocenters. The van der Waals surface area contributed by atoms with Crippen molar-refractivity contribution in [1.82, 2.24) is 16.2 Å². The van der Waals surface area contributed by atoms with E-state index >= 15 is 0 Å². The fourth-order valence-electron chi connectivity index (χ4n) is 1.92. The number of nitrogens with zero attached hydrogens (tertiary/aromatic N) is 1. The number of nitro groups is 1. The Kier molecular flexibility index (Phi) is 7.05. The first-order valence-electron chi connectivity index (χ1n) is 7.31. The maximum atomic E-state index is 12.1. The van der Waals surface area contributed by atoms with Gasteiger partial charge in [0.05, 0.1) is 4.92 Å². The molecule has 0 heterocycles. The van der Waals surface area contributed by atoms with Gasteiger partial charge in [-0.2, -0.15) is 0 Å². The van der Waals surface area contributed by atoms with Crippen molar-refractivity contribution in [2.75, 3.05) is 0 Å². The topological polar surface area (TPSA) is 113 Å². The lowest BCUT2D eigenvalue weighted by molar-refractivity contribution is -0.384. The first-order chi connectivity index (χ1) is 12.7. The van der Waals surface area contributed by atoms with Gasteiger partial charge in [0.25, 0.3) is 17.5 Å². The van der Waals surface area contributed by atoms with Gasteiger partial charge in [0.15, 0.2) is 5.11 Å². The van der Waals surface area contributed by atoms with E-state index in [0.29, 0.717) is 5.56 Å². The molecule has 0 radical (unpaired) electrons. The van der Waals surface area contributed by atoms with E-state index in [-0.39, 0.29) is 15.7 Å². The standard InChI is InChI=1S/C16H12ClIN4O4S/c1-8-2-3-9(6-12(8)18)14(23)19-16(27)21-20-15(24)10-4-5-11(17)13(7-10)22(25)26/h2-7H,1H3,(H,20,24)(H2,19,21,23,27). The Morgan fingerprint density at radius 1 is 1.11 bits per heavy atom. The Morgan fingerprint density at radius 2 is 1.74 bits per heavy atom. The van der Waals surface area contributed by atoms with Crippen LogP contribution in [-0.2, 0) is 0 Å². The average molecular weight is 519 g/mol. The summed E-state index contributed by atoms with van der Waals surface area (Å²) >= 11 is 12.8. The summed E-state index contributed by atoms with van der Waals surface area (Å²) in [5, 5.41) is 13.1. The molecular weight excluding hydrogens is 507 g/mol. The Balaban J connectivity index is 1.96. The van der Waals surface area contributed by atoms with Crippen LogP contribution >= 0.6 is 46.4 Å². The number of amides is 2. The molecule has 2 aromatic rings. The predicted octanol–water partition coefficient (Wildman–Crippen LogP) is 3.11. The summed E-state index contributed by atoms with van der Waals surface area (Å²) in [5.41, 5.74) is 5.67. The second kappa shape index (κ2) is 9.06. The molecule has 0 aliphatic rings. The first kappa shape index (κ1) is 21.0. The van der Waals surface area contributed by atoms with E-state index in [0.717, 1.165) is 15.2 Å². The number of nitrogens with one attached hydrogen (secondary N) is 3. The molecule has 0 aromatic heterocycles. The maximum absolute atomic E-state index is 12.1. The van der Waals surface area contributed by atoms with Crippen molar-refractivity contribution in [2.24, 2.45) is 0 Å². The summed E-state index contributed by atoms with van der Waals surface area (Å²) in [6.45, 7) is 1.92. The van der Waals surface area contributed by atoms with Gasteiger partial charge in [-0.25, -0.2) is 0 Å². The molecule has 2 amide bonds. The van der Waals surface area contributed by atoms with Crippen molar-refractivity contribution in [1.29, 1.82) is 0 Å². The summed E-state index contributed by atoms with van der Waals surface area (Å²) in [6, 6.07) is 8.77. The Hall–Kier alpha value is -2.31. The molecule has 8 nitrogen and oxygen atoms in total. The first-order valence-corrected chi connectivity index (χ1v) is 9.17. The summed E-state index contributed by atoms with van der Waals surface area (Å²) in [7, 11) is 0. The lowest BCUT2D eigenvalue weighted by Crippen LogP contribution is -2.48. The van der Waals surface area contributed by atoms with Gasteiger partial charge >= 0.3 is 0 Å². The third-order valence-corrected chi connectivity index (χ3v) is 5.04. The number of aryl methyl sites for hydroxylation is 1. The number of halogens is 2. The quantitative estimate of drug-likeness (QED) is 0.249. The van der Waals surface area contributed by atoms with Crippen molar-refractivity contribution in [3.05, 3.63) is 71.8 Å². The number of rotatable bonds is 3. The highest BCUT2D eigenvalue weighted by molar-refractivity contribution is 14.1. The number of carbonyl (C=O) groups excluding carboxylic acids is 2. The molecule has 0 saturated carbocycles. The van der Waals surface area contributed by atoms with Crippen LogP contribution in [0.25, 0.3) is 0 Å². The number of hydrogen-bond acceptors (Lipinski definition) is 5. The van der Waals surface area contributed by atoms with E-state index in [1.54, 1.807) is 12.1 Å². The van der Waals surface area contributed by atoms with Gasteiger partial charge in [-0.1, -0.05) is 17.7 Å². The number of nitro benzene ring substituents is 1. The van der Waals surface area contributed by atoms with Crippen LogP contribution in [0.1, 0.15) is 26.3 Å². The molecule has 0 unspecified atom stereocenters. The second-order valence-electron chi connectivity index (χ2n) is 5.25. The number of hydrazine groups is 1. The molecule has 0 spiro atoms. The largest absolute Gasteiger partial charge is 0.298 e. The SMILES string of the molecule is Cc1ccc(C(=O)NC(=S)NNC(=O)c2ccc(Cl)c([N+](=O)[O-])c2)cc1I. The fourth-order valence-corrected chi connectivity index (χ4v) is 2.77. The van der Waals surface area contributed by atoms with Crippen LogP contribution in [0.4, 0.5) is 5.69 Å². The molecular formula is C16H12ClIN4O4S. The summed E-state index contributed by atoms with van der Waals surface area (Å²) in [4.78, 5) is 34.4. The third kappa shape index (κ3) is 5.58. The number of carbonyl (C=O) groups is 2. The van der Waals surface area contributed by atoms with Gasteiger partial charge in [-0.3, -0.25) is 35.9 Å². The minimum atomic E-state index is -0.694. The Morgan fingerprint density at radius 3 is 2.37 bits per heavy atom. The molecule has 0 bridgehead atoms. The smallest absolute Gasteiger partial charge is 0.288 e. The van der Waals surface area contributed by atoms with Crippen molar-refractivity contribution < 1.29 is 14.5 Å². The van der Waals surface area contributed by atoms with Crippen LogP contribution in [0.5, 0.6) is 0 Å². The fraction of sp³-hybridized carbons (Fsp3) is 0.0625. The highest BCUT2D eigenvalue weighted by Gasteiger charge is 2.16. The summed E-state index contributed by atoms with van der Waals surface area (Å²) in [6.07, 6.45) is 0. The third-order valence-electron chi connectivity index (χ3n) is 3.36. The van der Waals surface area contributed by atoms with E-state index in [9.17, 15) is 19.7 Å².